The van der Waals surface area contributed by atoms with Crippen molar-refractivity contribution in [2.45, 2.75) is 46.3 Å². The van der Waals surface area contributed by atoms with Gasteiger partial charge in [0, 0.05) is 34.1 Å². The van der Waals surface area contributed by atoms with Gasteiger partial charge in [0.2, 0.25) is 0 Å². The molecule has 3 heterocycles. The van der Waals surface area contributed by atoms with Gasteiger partial charge in [-0.2, -0.15) is 0 Å². The number of likely N-dealkylation sites (tertiary alicyclic amines) is 1. The number of benzene rings is 2. The van der Waals surface area contributed by atoms with Crippen LogP contribution in [0.25, 0.3) is 16.7 Å². The Kier molecular flexibility index (Phi) is 6.65. The number of carbonyl (C=O) groups excluding carboxylic acids is 2. The van der Waals surface area contributed by atoms with Crippen LogP contribution < -0.4 is 4.74 Å². The third-order valence-electron chi connectivity index (χ3n) is 6.80. The Labute approximate surface area is 220 Å². The largest absolute Gasteiger partial charge is 0.507 e. The zero-order valence-electron chi connectivity index (χ0n) is 21.4. The van der Waals surface area contributed by atoms with E-state index in [0.29, 0.717) is 18.5 Å². The molecule has 0 spiro atoms. The molecule has 1 atom stereocenters. The van der Waals surface area contributed by atoms with Crippen LogP contribution in [0.3, 0.4) is 0 Å². The molecule has 0 radical (unpaired) electrons. The summed E-state index contributed by atoms with van der Waals surface area (Å²) in [7, 11) is 0. The molecule has 1 saturated heterocycles. The number of amides is 1. The highest BCUT2D eigenvalue weighted by atomic mass is 32.1. The molecule has 1 unspecified atom stereocenters. The van der Waals surface area contributed by atoms with E-state index < -0.39 is 17.7 Å². The second-order valence-corrected chi connectivity index (χ2v) is 10.7. The van der Waals surface area contributed by atoms with E-state index in [1.165, 1.54) is 11.3 Å². The van der Waals surface area contributed by atoms with E-state index in [4.69, 9.17) is 4.74 Å². The number of aliphatic hydroxyl groups excluding tert-OH is 1. The number of H-pyrrole nitrogens is 1. The summed E-state index contributed by atoms with van der Waals surface area (Å²) in [6, 6.07) is 14.7. The van der Waals surface area contributed by atoms with Crippen LogP contribution in [0.15, 0.2) is 65.7 Å². The first-order valence-electron chi connectivity index (χ1n) is 12.4. The predicted molar refractivity (Wildman–Crippen MR) is 147 cm³/mol. The third kappa shape index (κ3) is 4.55. The van der Waals surface area contributed by atoms with Gasteiger partial charge in [0.25, 0.3) is 11.7 Å². The number of thiophene rings is 1. The fraction of sp³-hybridized carbons (Fsp3) is 0.267. The third-order valence-corrected chi connectivity index (χ3v) is 7.87. The second kappa shape index (κ2) is 9.90. The molecule has 4 aromatic rings. The number of para-hydroxylation sites is 1. The summed E-state index contributed by atoms with van der Waals surface area (Å²) in [6.07, 6.45) is 2.55. The molecule has 1 aliphatic heterocycles. The lowest BCUT2D eigenvalue weighted by molar-refractivity contribution is -0.139. The number of aryl methyl sites for hydroxylation is 2. The Morgan fingerprint density at radius 2 is 1.89 bits per heavy atom. The van der Waals surface area contributed by atoms with Crippen molar-refractivity contribution in [2.24, 2.45) is 0 Å². The zero-order valence-corrected chi connectivity index (χ0v) is 22.2. The number of aliphatic hydroxyl groups is 1. The number of carbonyl (C=O) groups is 2. The van der Waals surface area contributed by atoms with Gasteiger partial charge in [0.1, 0.15) is 11.5 Å². The number of fused-ring (bicyclic) bond motifs is 1. The number of nitrogens with one attached hydrogen (secondary N) is 1. The highest BCUT2D eigenvalue weighted by Gasteiger charge is 2.46. The molecule has 37 heavy (non-hydrogen) atoms. The van der Waals surface area contributed by atoms with Crippen LogP contribution in [-0.2, 0) is 16.0 Å². The van der Waals surface area contributed by atoms with Crippen LogP contribution in [-0.4, -0.2) is 39.3 Å². The first-order valence-corrected chi connectivity index (χ1v) is 13.3. The molecule has 6 nitrogen and oxygen atoms in total. The molecule has 1 aliphatic rings. The van der Waals surface area contributed by atoms with Crippen molar-refractivity contribution in [3.05, 3.63) is 92.8 Å². The Hall–Kier alpha value is -3.84. The molecule has 1 amide bonds. The average Bonchev–Trinajstić information content (AvgIpc) is 3.55. The van der Waals surface area contributed by atoms with Crippen LogP contribution in [0, 0.1) is 13.8 Å². The molecule has 0 aliphatic carbocycles. The summed E-state index contributed by atoms with van der Waals surface area (Å²) in [6.45, 7) is 8.12. The number of aromatic nitrogens is 1. The van der Waals surface area contributed by atoms with Crippen molar-refractivity contribution in [3.8, 4) is 5.75 Å². The topological polar surface area (TPSA) is 82.6 Å². The monoisotopic (exact) mass is 514 g/mol. The molecule has 7 heteroatoms. The Bertz CT molecular complexity index is 1530. The van der Waals surface area contributed by atoms with E-state index in [2.05, 4.69) is 4.98 Å². The number of nitrogens with zero attached hydrogens (tertiary/aromatic N) is 1. The summed E-state index contributed by atoms with van der Waals surface area (Å²) in [5.74, 6) is -0.689. The minimum Gasteiger partial charge on any atom is -0.507 e. The fourth-order valence-corrected chi connectivity index (χ4v) is 6.01. The lowest BCUT2D eigenvalue weighted by Gasteiger charge is -2.25. The normalized spacial score (nSPS) is 17.3. The van der Waals surface area contributed by atoms with Crippen molar-refractivity contribution in [1.82, 2.24) is 9.88 Å². The lowest BCUT2D eigenvalue weighted by Crippen LogP contribution is -2.31. The molecule has 0 bridgehead atoms. The van der Waals surface area contributed by atoms with Gasteiger partial charge >= 0.3 is 0 Å². The van der Waals surface area contributed by atoms with Gasteiger partial charge < -0.3 is 19.7 Å². The van der Waals surface area contributed by atoms with Crippen LogP contribution in [0.4, 0.5) is 0 Å². The quantitative estimate of drug-likeness (QED) is 0.172. The Balaban J connectivity index is 1.54. The number of rotatable bonds is 7. The number of ether oxygens (including phenoxy) is 1. The van der Waals surface area contributed by atoms with Crippen molar-refractivity contribution >= 4 is 39.7 Å². The molecule has 190 valence electrons. The Morgan fingerprint density at radius 3 is 2.59 bits per heavy atom. The fourth-order valence-electron chi connectivity index (χ4n) is 4.97. The van der Waals surface area contributed by atoms with Crippen LogP contribution in [0.5, 0.6) is 5.75 Å². The van der Waals surface area contributed by atoms with Gasteiger partial charge in [-0.1, -0.05) is 18.2 Å². The first-order chi connectivity index (χ1) is 17.8. The molecule has 2 N–H and O–H groups in total. The second-order valence-electron chi connectivity index (χ2n) is 9.72. The van der Waals surface area contributed by atoms with Gasteiger partial charge in [-0.05, 0) is 86.5 Å². The van der Waals surface area contributed by atoms with E-state index in [0.717, 1.165) is 38.2 Å². The summed E-state index contributed by atoms with van der Waals surface area (Å²) in [5.41, 5.74) is 4.56. The highest BCUT2D eigenvalue weighted by Crippen LogP contribution is 2.43. The van der Waals surface area contributed by atoms with Gasteiger partial charge in [-0.3, -0.25) is 9.59 Å². The van der Waals surface area contributed by atoms with Crippen molar-refractivity contribution in [3.63, 3.8) is 0 Å². The van der Waals surface area contributed by atoms with Crippen LogP contribution in [0.2, 0.25) is 0 Å². The van der Waals surface area contributed by atoms with Gasteiger partial charge in [0.05, 0.1) is 17.7 Å². The number of Topliss-reactive ketones (excluding diaryl/α,β-unsaturated/α-hetero) is 1. The number of hydrogen-bond acceptors (Lipinski definition) is 5. The molecule has 2 aromatic heterocycles. The first kappa shape index (κ1) is 24.8. The van der Waals surface area contributed by atoms with Gasteiger partial charge in [-0.25, -0.2) is 0 Å². The standard InChI is InChI=1S/C30H30N2O4S/c1-17(2)36-24-10-9-20(15-19(24)4)27(33)25-26(29-18(3)12-14-37-29)32(30(35)28(25)34)13-11-21-16-31-23-8-6-5-7-22(21)23/h5-10,12,14-17,26,31,33H,11,13H2,1-4H3/b27-25-. The maximum atomic E-state index is 13.4. The summed E-state index contributed by atoms with van der Waals surface area (Å²) >= 11 is 1.49. The smallest absolute Gasteiger partial charge is 0.295 e. The van der Waals surface area contributed by atoms with Crippen LogP contribution in [0.1, 0.15) is 47.0 Å². The van der Waals surface area contributed by atoms with E-state index in [1.807, 2.05) is 69.6 Å². The minimum absolute atomic E-state index is 0.0161. The maximum absolute atomic E-state index is 13.4. The van der Waals surface area contributed by atoms with Crippen LogP contribution >= 0.6 is 11.3 Å². The lowest BCUT2D eigenvalue weighted by atomic mass is 9.97. The maximum Gasteiger partial charge on any atom is 0.295 e. The van der Waals surface area contributed by atoms with Crippen molar-refractivity contribution in [1.29, 1.82) is 0 Å². The number of ketones is 1. The molecule has 2 aromatic carbocycles. The summed E-state index contributed by atoms with van der Waals surface area (Å²) in [4.78, 5) is 32.5. The summed E-state index contributed by atoms with van der Waals surface area (Å²) in [5, 5.41) is 14.5. The zero-order chi connectivity index (χ0) is 26.3. The predicted octanol–water partition coefficient (Wildman–Crippen LogP) is 6.30. The van der Waals surface area contributed by atoms with Crippen molar-refractivity contribution < 1.29 is 19.4 Å². The molecular weight excluding hydrogens is 484 g/mol. The number of aromatic amines is 1. The highest BCUT2D eigenvalue weighted by molar-refractivity contribution is 7.10. The molecule has 1 fully saturated rings. The van der Waals surface area contributed by atoms with E-state index in [1.54, 1.807) is 23.1 Å². The van der Waals surface area contributed by atoms with Gasteiger partial charge in [0.15, 0.2) is 0 Å². The Morgan fingerprint density at radius 1 is 1.11 bits per heavy atom. The van der Waals surface area contributed by atoms with E-state index in [-0.39, 0.29) is 17.4 Å². The SMILES string of the molecule is Cc1cc(/C(O)=C2/C(=O)C(=O)N(CCc3c[nH]c4ccccc34)C2c2sccc2C)ccc1OC(C)C. The number of hydrogen-bond donors (Lipinski definition) is 2. The van der Waals surface area contributed by atoms with Crippen molar-refractivity contribution in [2.75, 3.05) is 6.54 Å². The van der Waals surface area contributed by atoms with E-state index >= 15 is 0 Å². The minimum atomic E-state index is -0.658. The van der Waals surface area contributed by atoms with Gasteiger partial charge in [-0.15, -0.1) is 11.3 Å². The van der Waals surface area contributed by atoms with E-state index in [9.17, 15) is 14.7 Å². The summed E-state index contributed by atoms with van der Waals surface area (Å²) < 4.78 is 5.83. The molecular formula is C30H30N2O4S. The average molecular weight is 515 g/mol. The molecule has 0 saturated carbocycles. The molecule has 5 rings (SSSR count).